The summed E-state index contributed by atoms with van der Waals surface area (Å²) in [6.07, 6.45) is 4.42. The highest BCUT2D eigenvalue weighted by Crippen LogP contribution is 2.31. The minimum absolute atomic E-state index is 0.181. The first-order valence-corrected chi connectivity index (χ1v) is 6.78. The third kappa shape index (κ3) is 3.64. The van der Waals surface area contributed by atoms with Crippen LogP contribution in [0.25, 0.3) is 0 Å². The Labute approximate surface area is 109 Å². The van der Waals surface area contributed by atoms with Crippen molar-refractivity contribution < 1.29 is 9.47 Å². The maximum atomic E-state index is 6.04. The summed E-state index contributed by atoms with van der Waals surface area (Å²) < 4.78 is 11.2. The van der Waals surface area contributed by atoms with Crippen LogP contribution >= 0.6 is 0 Å². The van der Waals surface area contributed by atoms with Gasteiger partial charge in [-0.1, -0.05) is 6.92 Å². The van der Waals surface area contributed by atoms with E-state index in [2.05, 4.69) is 6.92 Å². The first kappa shape index (κ1) is 13.2. The van der Waals surface area contributed by atoms with Crippen molar-refractivity contribution >= 4 is 0 Å². The van der Waals surface area contributed by atoms with Crippen LogP contribution in [0.5, 0.6) is 11.5 Å². The van der Waals surface area contributed by atoms with Gasteiger partial charge >= 0.3 is 0 Å². The number of methoxy groups -OCH3 is 1. The molecule has 2 rings (SSSR count). The fourth-order valence-electron chi connectivity index (χ4n) is 1.90. The molecule has 0 saturated heterocycles. The monoisotopic (exact) mass is 249 g/mol. The summed E-state index contributed by atoms with van der Waals surface area (Å²) >= 11 is 0. The summed E-state index contributed by atoms with van der Waals surface area (Å²) in [6, 6.07) is 6.17. The predicted octanol–water partition coefficient (Wildman–Crippen LogP) is 2.76. The van der Waals surface area contributed by atoms with Crippen LogP contribution in [-0.2, 0) is 6.42 Å². The summed E-state index contributed by atoms with van der Waals surface area (Å²) in [5, 5.41) is 0. The van der Waals surface area contributed by atoms with Crippen LogP contribution in [-0.4, -0.2) is 19.8 Å². The largest absolute Gasteiger partial charge is 0.497 e. The molecule has 0 aliphatic heterocycles. The van der Waals surface area contributed by atoms with Gasteiger partial charge in [0.05, 0.1) is 13.7 Å². The molecular formula is C15H23NO2. The average Bonchev–Trinajstić information content (AvgIpc) is 3.21. The predicted molar refractivity (Wildman–Crippen MR) is 73.2 cm³/mol. The quantitative estimate of drug-likeness (QED) is 0.808. The van der Waals surface area contributed by atoms with E-state index in [0.717, 1.165) is 42.4 Å². The Morgan fingerprint density at radius 2 is 2.17 bits per heavy atom. The third-order valence-electron chi connectivity index (χ3n) is 3.45. The van der Waals surface area contributed by atoms with Gasteiger partial charge in [-0.2, -0.15) is 0 Å². The van der Waals surface area contributed by atoms with Crippen molar-refractivity contribution in [1.29, 1.82) is 0 Å². The molecule has 0 heterocycles. The van der Waals surface area contributed by atoms with Crippen molar-refractivity contribution in [1.82, 2.24) is 0 Å². The van der Waals surface area contributed by atoms with Crippen molar-refractivity contribution in [2.75, 3.05) is 13.7 Å². The summed E-state index contributed by atoms with van der Waals surface area (Å²) in [5.41, 5.74) is 7.19. The molecule has 0 spiro atoms. The van der Waals surface area contributed by atoms with Crippen molar-refractivity contribution in [3.63, 3.8) is 0 Å². The van der Waals surface area contributed by atoms with Crippen LogP contribution < -0.4 is 15.2 Å². The van der Waals surface area contributed by atoms with Gasteiger partial charge in [0.15, 0.2) is 0 Å². The van der Waals surface area contributed by atoms with E-state index in [9.17, 15) is 0 Å². The lowest BCUT2D eigenvalue weighted by Crippen LogP contribution is -2.21. The Morgan fingerprint density at radius 1 is 1.39 bits per heavy atom. The fraction of sp³-hybridized carbons (Fsp3) is 0.600. The maximum Gasteiger partial charge on any atom is 0.122 e. The summed E-state index contributed by atoms with van der Waals surface area (Å²) in [6.45, 7) is 2.94. The van der Waals surface area contributed by atoms with E-state index in [1.807, 2.05) is 18.2 Å². The zero-order valence-electron chi connectivity index (χ0n) is 11.3. The number of hydrogen-bond donors (Lipinski definition) is 1. The molecule has 1 atom stereocenters. The molecule has 1 aliphatic carbocycles. The van der Waals surface area contributed by atoms with Gasteiger partial charge in [0.1, 0.15) is 11.5 Å². The van der Waals surface area contributed by atoms with E-state index in [1.165, 1.54) is 12.8 Å². The number of benzene rings is 1. The van der Waals surface area contributed by atoms with Gasteiger partial charge < -0.3 is 15.2 Å². The van der Waals surface area contributed by atoms with Gasteiger partial charge in [-0.3, -0.25) is 0 Å². The highest BCUT2D eigenvalue weighted by atomic mass is 16.5. The van der Waals surface area contributed by atoms with Crippen LogP contribution in [0.15, 0.2) is 18.2 Å². The zero-order chi connectivity index (χ0) is 13.0. The van der Waals surface area contributed by atoms with E-state index in [4.69, 9.17) is 15.2 Å². The second kappa shape index (κ2) is 6.10. The molecule has 2 N–H and O–H groups in total. The molecule has 1 aromatic rings. The molecule has 1 aromatic carbocycles. The van der Waals surface area contributed by atoms with E-state index in [1.54, 1.807) is 7.11 Å². The third-order valence-corrected chi connectivity index (χ3v) is 3.45. The van der Waals surface area contributed by atoms with Crippen LogP contribution in [0.1, 0.15) is 31.7 Å². The minimum atomic E-state index is 0.181. The van der Waals surface area contributed by atoms with E-state index < -0.39 is 0 Å². The number of nitrogens with two attached hydrogens (primary N) is 1. The lowest BCUT2D eigenvalue weighted by molar-refractivity contribution is 0.295. The van der Waals surface area contributed by atoms with Crippen molar-refractivity contribution in [3.8, 4) is 11.5 Å². The number of rotatable bonds is 7. The Morgan fingerprint density at radius 3 is 2.78 bits per heavy atom. The van der Waals surface area contributed by atoms with E-state index in [0.29, 0.717) is 0 Å². The summed E-state index contributed by atoms with van der Waals surface area (Å²) in [7, 11) is 1.68. The van der Waals surface area contributed by atoms with E-state index in [-0.39, 0.29) is 6.04 Å². The molecule has 3 heteroatoms. The Balaban J connectivity index is 2.08. The van der Waals surface area contributed by atoms with E-state index >= 15 is 0 Å². The summed E-state index contributed by atoms with van der Waals surface area (Å²) in [5.74, 6) is 2.60. The molecular weight excluding hydrogens is 226 g/mol. The lowest BCUT2D eigenvalue weighted by atomic mass is 10.0. The molecule has 1 saturated carbocycles. The molecule has 0 bridgehead atoms. The van der Waals surface area contributed by atoms with Crippen molar-refractivity contribution in [3.05, 3.63) is 23.8 Å². The second-order valence-corrected chi connectivity index (χ2v) is 5.10. The maximum absolute atomic E-state index is 6.04. The second-order valence-electron chi connectivity index (χ2n) is 5.10. The van der Waals surface area contributed by atoms with Crippen LogP contribution in [0.2, 0.25) is 0 Å². The van der Waals surface area contributed by atoms with Gasteiger partial charge in [0.25, 0.3) is 0 Å². The number of hydrogen-bond acceptors (Lipinski definition) is 3. The molecule has 1 fully saturated rings. The van der Waals surface area contributed by atoms with Gasteiger partial charge in [-0.25, -0.2) is 0 Å². The number of ether oxygens (including phenoxy) is 2. The van der Waals surface area contributed by atoms with Crippen LogP contribution in [0.4, 0.5) is 0 Å². The fourth-order valence-corrected chi connectivity index (χ4v) is 1.90. The highest BCUT2D eigenvalue weighted by Gasteiger charge is 2.22. The van der Waals surface area contributed by atoms with Crippen LogP contribution in [0, 0.1) is 5.92 Å². The Kier molecular flexibility index (Phi) is 4.48. The molecule has 1 unspecified atom stereocenters. The van der Waals surface area contributed by atoms with Gasteiger partial charge in [-0.05, 0) is 55.4 Å². The van der Waals surface area contributed by atoms with Gasteiger partial charge in [0.2, 0.25) is 0 Å². The highest BCUT2D eigenvalue weighted by molar-refractivity contribution is 5.40. The molecule has 100 valence electrons. The van der Waals surface area contributed by atoms with Crippen molar-refractivity contribution in [2.45, 2.75) is 38.6 Å². The SMILES string of the molecule is CCC(N)Cc1cc(OC)ccc1OCC1CC1. The lowest BCUT2D eigenvalue weighted by Gasteiger charge is -2.15. The molecule has 3 nitrogen and oxygen atoms in total. The minimum Gasteiger partial charge on any atom is -0.497 e. The molecule has 18 heavy (non-hydrogen) atoms. The smallest absolute Gasteiger partial charge is 0.122 e. The topological polar surface area (TPSA) is 44.5 Å². The summed E-state index contributed by atoms with van der Waals surface area (Å²) in [4.78, 5) is 0. The molecule has 1 aliphatic rings. The molecule has 0 aromatic heterocycles. The molecule has 0 amide bonds. The normalized spacial score (nSPS) is 16.4. The van der Waals surface area contributed by atoms with Crippen LogP contribution in [0.3, 0.4) is 0 Å². The Bertz CT molecular complexity index is 388. The van der Waals surface area contributed by atoms with Gasteiger partial charge in [0, 0.05) is 6.04 Å². The standard InChI is InChI=1S/C15H23NO2/c1-3-13(16)8-12-9-14(17-2)6-7-15(12)18-10-11-4-5-11/h6-7,9,11,13H,3-5,8,10,16H2,1-2H3. The first-order valence-electron chi connectivity index (χ1n) is 6.78. The average molecular weight is 249 g/mol. The van der Waals surface area contributed by atoms with Gasteiger partial charge in [-0.15, -0.1) is 0 Å². The van der Waals surface area contributed by atoms with Crippen molar-refractivity contribution in [2.24, 2.45) is 11.7 Å². The molecule has 0 radical (unpaired) electrons. The first-order chi connectivity index (χ1) is 8.72. The zero-order valence-corrected chi connectivity index (χ0v) is 11.3. The Hall–Kier alpha value is -1.22.